The Labute approximate surface area is 154 Å². The molecule has 134 valence electrons. The van der Waals surface area contributed by atoms with Crippen LogP contribution in [0.4, 0.5) is 5.69 Å². The molecule has 0 aliphatic rings. The topological polar surface area (TPSA) is 41.6 Å². The number of benzene rings is 2. The highest BCUT2D eigenvalue weighted by Gasteiger charge is 2.13. The van der Waals surface area contributed by atoms with Gasteiger partial charge in [0.25, 0.3) is 0 Å². The molecule has 1 amide bonds. The molecule has 5 heteroatoms. The smallest absolute Gasteiger partial charge is 0.225 e. The van der Waals surface area contributed by atoms with Crippen molar-refractivity contribution in [3.8, 4) is 5.75 Å². The fourth-order valence-corrected chi connectivity index (χ4v) is 2.81. The molecule has 2 aromatic rings. The number of anilines is 1. The quantitative estimate of drug-likeness (QED) is 0.748. The van der Waals surface area contributed by atoms with Gasteiger partial charge in [-0.1, -0.05) is 41.9 Å². The van der Waals surface area contributed by atoms with Gasteiger partial charge in [-0.3, -0.25) is 9.69 Å². The van der Waals surface area contributed by atoms with Crippen molar-refractivity contribution in [2.24, 2.45) is 0 Å². The second-order valence-electron chi connectivity index (χ2n) is 6.20. The lowest BCUT2D eigenvalue weighted by Crippen LogP contribution is -2.33. The van der Waals surface area contributed by atoms with Crippen LogP contribution < -0.4 is 10.1 Å². The zero-order chi connectivity index (χ0) is 18.2. The van der Waals surface area contributed by atoms with Crippen LogP contribution in [0.15, 0.2) is 48.5 Å². The first-order valence-corrected chi connectivity index (χ1v) is 8.78. The largest absolute Gasteiger partial charge is 0.495 e. The first kappa shape index (κ1) is 19.3. The van der Waals surface area contributed by atoms with E-state index in [1.807, 2.05) is 18.2 Å². The standard InChI is InChI=1S/C20H25ClN2O2/c1-15(2)23(14-16-7-5-4-6-8-16)12-11-20(24)22-17-9-10-19(25-3)18(21)13-17/h4-10,13,15H,11-12,14H2,1-3H3,(H,22,24). The van der Waals surface area contributed by atoms with E-state index in [2.05, 4.69) is 36.2 Å². The molecule has 1 N–H and O–H groups in total. The zero-order valence-corrected chi connectivity index (χ0v) is 15.7. The average Bonchev–Trinajstić information content (AvgIpc) is 2.59. The first-order valence-electron chi connectivity index (χ1n) is 8.41. The van der Waals surface area contributed by atoms with Crippen molar-refractivity contribution in [2.45, 2.75) is 32.9 Å². The lowest BCUT2D eigenvalue weighted by Gasteiger charge is -2.26. The van der Waals surface area contributed by atoms with Crippen molar-refractivity contribution in [1.29, 1.82) is 0 Å². The molecule has 0 spiro atoms. The molecule has 0 saturated carbocycles. The van der Waals surface area contributed by atoms with Crippen molar-refractivity contribution in [2.75, 3.05) is 19.0 Å². The van der Waals surface area contributed by atoms with Gasteiger partial charge in [-0.15, -0.1) is 0 Å². The molecule has 0 radical (unpaired) electrons. The minimum atomic E-state index is -0.0278. The summed E-state index contributed by atoms with van der Waals surface area (Å²) in [7, 11) is 1.56. The Morgan fingerprint density at radius 2 is 1.92 bits per heavy atom. The number of carbonyl (C=O) groups is 1. The van der Waals surface area contributed by atoms with Gasteiger partial charge in [-0.25, -0.2) is 0 Å². The molecule has 0 saturated heterocycles. The molecule has 0 bridgehead atoms. The Morgan fingerprint density at radius 3 is 2.52 bits per heavy atom. The van der Waals surface area contributed by atoms with Crippen LogP contribution in [0.1, 0.15) is 25.8 Å². The average molecular weight is 361 g/mol. The van der Waals surface area contributed by atoms with Crippen LogP contribution >= 0.6 is 11.6 Å². The maximum atomic E-state index is 12.2. The van der Waals surface area contributed by atoms with Gasteiger partial charge in [-0.2, -0.15) is 0 Å². The third kappa shape index (κ3) is 6.07. The molecule has 2 rings (SSSR count). The maximum Gasteiger partial charge on any atom is 0.225 e. The second-order valence-corrected chi connectivity index (χ2v) is 6.60. The summed E-state index contributed by atoms with van der Waals surface area (Å²) in [6.07, 6.45) is 0.425. The van der Waals surface area contributed by atoms with E-state index in [-0.39, 0.29) is 5.91 Å². The summed E-state index contributed by atoms with van der Waals surface area (Å²) in [5.74, 6) is 0.563. The molecule has 4 nitrogen and oxygen atoms in total. The summed E-state index contributed by atoms with van der Waals surface area (Å²) in [6.45, 7) is 5.82. The summed E-state index contributed by atoms with van der Waals surface area (Å²) < 4.78 is 5.12. The molecule has 0 aliphatic carbocycles. The van der Waals surface area contributed by atoms with Crippen LogP contribution in [0.3, 0.4) is 0 Å². The summed E-state index contributed by atoms with van der Waals surface area (Å²) in [6, 6.07) is 15.9. The Bertz CT molecular complexity index is 689. The third-order valence-electron chi connectivity index (χ3n) is 4.02. The lowest BCUT2D eigenvalue weighted by molar-refractivity contribution is -0.116. The minimum Gasteiger partial charge on any atom is -0.495 e. The SMILES string of the molecule is COc1ccc(NC(=O)CCN(Cc2ccccc2)C(C)C)cc1Cl. The number of rotatable bonds is 8. The van der Waals surface area contributed by atoms with Crippen LogP contribution in [-0.4, -0.2) is 30.5 Å². The van der Waals surface area contributed by atoms with Crippen LogP contribution in [0, 0.1) is 0 Å². The number of hydrogen-bond donors (Lipinski definition) is 1. The van der Waals surface area contributed by atoms with Crippen LogP contribution in [-0.2, 0) is 11.3 Å². The Kier molecular flexibility index (Phi) is 7.29. The van der Waals surface area contributed by atoms with E-state index in [1.54, 1.807) is 25.3 Å². The van der Waals surface area contributed by atoms with E-state index in [1.165, 1.54) is 5.56 Å². The Morgan fingerprint density at radius 1 is 1.20 bits per heavy atom. The van der Waals surface area contributed by atoms with E-state index in [0.717, 1.165) is 6.54 Å². The van der Waals surface area contributed by atoms with Crippen LogP contribution in [0.2, 0.25) is 5.02 Å². The normalized spacial score (nSPS) is 11.0. The molecule has 0 unspecified atom stereocenters. The monoisotopic (exact) mass is 360 g/mol. The first-order chi connectivity index (χ1) is 12.0. The molecule has 2 aromatic carbocycles. The molecule has 0 aliphatic heterocycles. The molecule has 0 atom stereocenters. The number of nitrogens with zero attached hydrogens (tertiary/aromatic N) is 1. The lowest BCUT2D eigenvalue weighted by atomic mass is 10.2. The van der Waals surface area contributed by atoms with Crippen LogP contribution in [0.5, 0.6) is 5.75 Å². The molecule has 0 heterocycles. The van der Waals surface area contributed by atoms with Gasteiger partial charge in [0, 0.05) is 31.2 Å². The van der Waals surface area contributed by atoms with Gasteiger partial charge in [-0.05, 0) is 37.6 Å². The van der Waals surface area contributed by atoms with Gasteiger partial charge in [0.2, 0.25) is 5.91 Å². The minimum absolute atomic E-state index is 0.0278. The summed E-state index contributed by atoms with van der Waals surface area (Å²) in [5, 5.41) is 3.37. The Hall–Kier alpha value is -2.04. The molecule has 25 heavy (non-hydrogen) atoms. The van der Waals surface area contributed by atoms with Gasteiger partial charge in [0.1, 0.15) is 5.75 Å². The summed E-state index contributed by atoms with van der Waals surface area (Å²) >= 11 is 6.09. The van der Waals surface area contributed by atoms with E-state index in [9.17, 15) is 4.79 Å². The number of ether oxygens (including phenoxy) is 1. The number of amides is 1. The van der Waals surface area contributed by atoms with Crippen molar-refractivity contribution >= 4 is 23.2 Å². The molecular weight excluding hydrogens is 336 g/mol. The van der Waals surface area contributed by atoms with Crippen molar-refractivity contribution in [1.82, 2.24) is 4.90 Å². The van der Waals surface area contributed by atoms with E-state index >= 15 is 0 Å². The Balaban J connectivity index is 1.89. The predicted molar refractivity (Wildman–Crippen MR) is 103 cm³/mol. The fourth-order valence-electron chi connectivity index (χ4n) is 2.55. The number of hydrogen-bond acceptors (Lipinski definition) is 3. The van der Waals surface area contributed by atoms with Crippen molar-refractivity contribution in [3.05, 3.63) is 59.1 Å². The number of nitrogens with one attached hydrogen (secondary N) is 1. The number of carbonyl (C=O) groups excluding carboxylic acids is 1. The van der Waals surface area contributed by atoms with Crippen molar-refractivity contribution in [3.63, 3.8) is 0 Å². The number of halogens is 1. The second kappa shape index (κ2) is 9.44. The highest BCUT2D eigenvalue weighted by Crippen LogP contribution is 2.27. The van der Waals surface area contributed by atoms with Crippen molar-refractivity contribution < 1.29 is 9.53 Å². The molecular formula is C20H25ClN2O2. The van der Waals surface area contributed by atoms with Gasteiger partial charge < -0.3 is 10.1 Å². The van der Waals surface area contributed by atoms with Gasteiger partial charge in [0.15, 0.2) is 0 Å². The van der Waals surface area contributed by atoms with E-state index in [0.29, 0.717) is 35.5 Å². The van der Waals surface area contributed by atoms with E-state index < -0.39 is 0 Å². The van der Waals surface area contributed by atoms with Gasteiger partial charge in [0.05, 0.1) is 12.1 Å². The summed E-state index contributed by atoms with van der Waals surface area (Å²) in [4.78, 5) is 14.5. The fraction of sp³-hybridized carbons (Fsp3) is 0.350. The summed E-state index contributed by atoms with van der Waals surface area (Å²) in [5.41, 5.74) is 1.92. The highest BCUT2D eigenvalue weighted by atomic mass is 35.5. The molecule has 0 fully saturated rings. The molecule has 0 aromatic heterocycles. The number of methoxy groups -OCH3 is 1. The maximum absolute atomic E-state index is 12.2. The third-order valence-corrected chi connectivity index (χ3v) is 4.32. The van der Waals surface area contributed by atoms with Crippen LogP contribution in [0.25, 0.3) is 0 Å². The van der Waals surface area contributed by atoms with E-state index in [4.69, 9.17) is 16.3 Å². The zero-order valence-electron chi connectivity index (χ0n) is 15.0. The van der Waals surface area contributed by atoms with Gasteiger partial charge >= 0.3 is 0 Å². The highest BCUT2D eigenvalue weighted by molar-refractivity contribution is 6.32. The predicted octanol–water partition coefficient (Wildman–Crippen LogP) is 4.59.